The highest BCUT2D eigenvalue weighted by molar-refractivity contribution is 7.91. The van der Waals surface area contributed by atoms with Gasteiger partial charge in [-0.15, -0.1) is 6.58 Å². The van der Waals surface area contributed by atoms with Crippen molar-refractivity contribution in [2.24, 2.45) is 17.3 Å². The summed E-state index contributed by atoms with van der Waals surface area (Å²) in [5, 5.41) is 2.17. The molecule has 3 saturated carbocycles. The number of aromatic nitrogens is 2. The summed E-state index contributed by atoms with van der Waals surface area (Å²) in [6.07, 6.45) is 5.13. The highest BCUT2D eigenvalue weighted by Gasteiger charge is 2.62. The smallest absolute Gasteiger partial charge is 0.306 e. The highest BCUT2D eigenvalue weighted by Crippen LogP contribution is 2.46. The molecule has 5 atom stereocenters. The standard InChI is InChI=1S/C37H49N5O9S/c1-7-22-19-37(22,35(46)41-52(47,48)26-13-14-26)40-32(44)30-17-25(51-33-21(2)38-28-15-12-24(49-6)16-29(28)39-33)20-42(30)34(45)27(36(3,4)5)18-31(43)50-23-10-8-9-11-23/h7,12,15-16,22-23,25-27,30H,1,8-11,13-14,17-20H2,2-6H3,(H,40,44)(H,41,46)/t22-,25-,27-,30+,37-/m1/s1. The molecule has 282 valence electrons. The second-order valence-electron chi connectivity index (χ2n) is 15.7. The van der Waals surface area contributed by atoms with Crippen LogP contribution in [0.5, 0.6) is 11.6 Å². The lowest BCUT2D eigenvalue weighted by Gasteiger charge is -2.35. The fourth-order valence-electron chi connectivity index (χ4n) is 7.27. The van der Waals surface area contributed by atoms with Crippen molar-refractivity contribution in [2.75, 3.05) is 13.7 Å². The van der Waals surface area contributed by atoms with Crippen molar-refractivity contribution in [1.82, 2.24) is 24.9 Å². The molecule has 15 heteroatoms. The summed E-state index contributed by atoms with van der Waals surface area (Å²) in [5.41, 5.74) is -0.551. The number of nitrogens with one attached hydrogen (secondary N) is 2. The van der Waals surface area contributed by atoms with E-state index in [4.69, 9.17) is 14.2 Å². The Balaban J connectivity index is 1.27. The average Bonchev–Trinajstić information content (AvgIpc) is 3.97. The molecule has 1 saturated heterocycles. The van der Waals surface area contributed by atoms with Crippen LogP contribution in [0.3, 0.4) is 0 Å². The van der Waals surface area contributed by atoms with E-state index in [9.17, 15) is 27.6 Å². The summed E-state index contributed by atoms with van der Waals surface area (Å²) < 4.78 is 45.0. The van der Waals surface area contributed by atoms with E-state index in [2.05, 4.69) is 26.6 Å². The number of carbonyl (C=O) groups excluding carboxylic acids is 4. The molecule has 4 fully saturated rings. The average molecular weight is 740 g/mol. The van der Waals surface area contributed by atoms with Crippen molar-refractivity contribution in [3.63, 3.8) is 0 Å². The Bertz CT molecular complexity index is 1870. The lowest BCUT2D eigenvalue weighted by Crippen LogP contribution is -2.57. The van der Waals surface area contributed by atoms with E-state index in [1.54, 1.807) is 32.2 Å². The number of hydrogen-bond acceptors (Lipinski definition) is 11. The molecule has 3 amide bonds. The minimum absolute atomic E-state index is 0.0153. The van der Waals surface area contributed by atoms with Crippen molar-refractivity contribution in [3.05, 3.63) is 36.5 Å². The van der Waals surface area contributed by atoms with Crippen molar-refractivity contribution in [2.45, 2.75) is 115 Å². The number of sulfonamides is 1. The number of hydrogen-bond donors (Lipinski definition) is 2. The van der Waals surface area contributed by atoms with Gasteiger partial charge < -0.3 is 24.4 Å². The number of amides is 3. The number of ether oxygens (including phenoxy) is 3. The number of aryl methyl sites for hydroxylation is 1. The molecule has 3 aliphatic carbocycles. The van der Waals surface area contributed by atoms with Gasteiger partial charge in [0.2, 0.25) is 27.7 Å². The lowest BCUT2D eigenvalue weighted by molar-refractivity contribution is -0.156. The third-order valence-electron chi connectivity index (χ3n) is 10.7. The molecular weight excluding hydrogens is 691 g/mol. The number of rotatable bonds is 13. The Kier molecular flexibility index (Phi) is 10.3. The minimum Gasteiger partial charge on any atom is -0.497 e. The number of nitrogens with zero attached hydrogens (tertiary/aromatic N) is 3. The number of fused-ring (bicyclic) bond motifs is 1. The Hall–Kier alpha value is -4.27. The maximum absolute atomic E-state index is 14.6. The quantitative estimate of drug-likeness (QED) is 0.227. The van der Waals surface area contributed by atoms with Gasteiger partial charge in [-0.2, -0.15) is 0 Å². The van der Waals surface area contributed by atoms with Crippen LogP contribution in [0.4, 0.5) is 0 Å². The van der Waals surface area contributed by atoms with Crippen LogP contribution in [-0.4, -0.2) is 89.7 Å². The van der Waals surface area contributed by atoms with Crippen LogP contribution in [0.2, 0.25) is 0 Å². The molecule has 1 aliphatic heterocycles. The van der Waals surface area contributed by atoms with Gasteiger partial charge in [-0.3, -0.25) is 23.9 Å². The molecule has 2 heterocycles. The van der Waals surface area contributed by atoms with E-state index < -0.39 is 73.9 Å². The van der Waals surface area contributed by atoms with Gasteiger partial charge in [-0.25, -0.2) is 18.4 Å². The van der Waals surface area contributed by atoms with Crippen molar-refractivity contribution < 1.29 is 41.8 Å². The minimum atomic E-state index is -3.89. The largest absolute Gasteiger partial charge is 0.497 e. The second kappa shape index (κ2) is 14.3. The molecular formula is C37H49N5O9S. The molecule has 2 N–H and O–H groups in total. The Morgan fingerprint density at radius 2 is 1.79 bits per heavy atom. The summed E-state index contributed by atoms with van der Waals surface area (Å²) in [6, 6.07) is 4.18. The molecule has 0 unspecified atom stereocenters. The maximum Gasteiger partial charge on any atom is 0.306 e. The van der Waals surface area contributed by atoms with Crippen molar-refractivity contribution in [1.29, 1.82) is 0 Å². The fraction of sp³-hybridized carbons (Fsp3) is 0.622. The van der Waals surface area contributed by atoms with Crippen molar-refractivity contribution >= 4 is 44.7 Å². The van der Waals surface area contributed by atoms with Crippen LogP contribution >= 0.6 is 0 Å². The Morgan fingerprint density at radius 3 is 2.40 bits per heavy atom. The molecule has 2 aromatic rings. The first-order valence-electron chi connectivity index (χ1n) is 18.0. The molecule has 0 bridgehead atoms. The maximum atomic E-state index is 14.6. The van der Waals surface area contributed by atoms with Gasteiger partial charge in [0, 0.05) is 18.4 Å². The van der Waals surface area contributed by atoms with Gasteiger partial charge in [-0.1, -0.05) is 26.8 Å². The van der Waals surface area contributed by atoms with Crippen LogP contribution < -0.4 is 19.5 Å². The zero-order valence-electron chi connectivity index (χ0n) is 30.5. The zero-order valence-corrected chi connectivity index (χ0v) is 31.3. The normalized spacial score (nSPS) is 25.3. The Morgan fingerprint density at radius 1 is 1.08 bits per heavy atom. The first kappa shape index (κ1) is 37.5. The lowest BCUT2D eigenvalue weighted by atomic mass is 9.77. The fourth-order valence-corrected chi connectivity index (χ4v) is 8.63. The van der Waals surface area contributed by atoms with Crippen molar-refractivity contribution in [3.8, 4) is 11.6 Å². The number of benzene rings is 1. The third-order valence-corrected chi connectivity index (χ3v) is 12.5. The summed E-state index contributed by atoms with van der Waals surface area (Å²) in [6.45, 7) is 11.1. The number of esters is 1. The first-order valence-corrected chi connectivity index (χ1v) is 19.6. The van der Waals surface area contributed by atoms with E-state index >= 15 is 0 Å². The van der Waals surface area contributed by atoms with Gasteiger partial charge in [0.05, 0.1) is 42.3 Å². The molecule has 6 rings (SSSR count). The van der Waals surface area contributed by atoms with Crippen LogP contribution in [-0.2, 0) is 33.9 Å². The SMILES string of the molecule is C=C[C@@H]1C[C@]1(NC(=O)[C@@H]1C[C@@H](Oc2nc3cc(OC)ccc3nc2C)CN1C(=O)[C@@H](CC(=O)OC1CCCC1)C(C)(C)C)C(=O)NS(=O)(=O)C1CC1. The summed E-state index contributed by atoms with van der Waals surface area (Å²) in [4.78, 5) is 66.2. The second-order valence-corrected chi connectivity index (χ2v) is 17.6. The number of methoxy groups -OCH3 is 1. The molecule has 1 aromatic carbocycles. The summed E-state index contributed by atoms with van der Waals surface area (Å²) in [5.74, 6) is -2.91. The highest BCUT2D eigenvalue weighted by atomic mass is 32.2. The topological polar surface area (TPSA) is 183 Å². The molecule has 14 nitrogen and oxygen atoms in total. The molecule has 0 radical (unpaired) electrons. The van der Waals surface area contributed by atoms with E-state index in [0.29, 0.717) is 35.3 Å². The Labute approximate surface area is 304 Å². The van der Waals surface area contributed by atoms with Gasteiger partial charge in [0.15, 0.2) is 0 Å². The third kappa shape index (κ3) is 7.88. The van der Waals surface area contributed by atoms with Crippen LogP contribution in [0.15, 0.2) is 30.9 Å². The van der Waals surface area contributed by atoms with E-state index in [1.807, 2.05) is 20.8 Å². The van der Waals surface area contributed by atoms with Gasteiger partial charge in [-0.05, 0) is 69.4 Å². The summed E-state index contributed by atoms with van der Waals surface area (Å²) in [7, 11) is -2.34. The van der Waals surface area contributed by atoms with Crippen LogP contribution in [0.1, 0.15) is 84.3 Å². The molecule has 52 heavy (non-hydrogen) atoms. The predicted molar refractivity (Wildman–Crippen MR) is 191 cm³/mol. The van der Waals surface area contributed by atoms with E-state index in [-0.39, 0.29) is 37.8 Å². The monoisotopic (exact) mass is 739 g/mol. The van der Waals surface area contributed by atoms with Crippen LogP contribution in [0.25, 0.3) is 11.0 Å². The predicted octanol–water partition coefficient (Wildman–Crippen LogP) is 3.50. The molecule has 1 aromatic heterocycles. The van der Waals surface area contributed by atoms with Gasteiger partial charge >= 0.3 is 5.97 Å². The zero-order chi connectivity index (χ0) is 37.6. The summed E-state index contributed by atoms with van der Waals surface area (Å²) >= 11 is 0. The molecule has 4 aliphatic rings. The van der Waals surface area contributed by atoms with E-state index in [1.165, 1.54) is 11.0 Å². The van der Waals surface area contributed by atoms with Gasteiger partial charge in [0.1, 0.15) is 35.2 Å². The number of carbonyl (C=O) groups is 4. The van der Waals surface area contributed by atoms with Crippen LogP contribution in [0, 0.1) is 24.2 Å². The van der Waals surface area contributed by atoms with Gasteiger partial charge in [0.25, 0.3) is 5.91 Å². The van der Waals surface area contributed by atoms with E-state index in [0.717, 1.165) is 25.7 Å². The first-order chi connectivity index (χ1) is 24.5. The number of likely N-dealkylation sites (tertiary alicyclic amines) is 1. The molecule has 0 spiro atoms.